The summed E-state index contributed by atoms with van der Waals surface area (Å²) in [4.78, 5) is 16.4. The van der Waals surface area contributed by atoms with Gasteiger partial charge in [0.2, 0.25) is 5.91 Å². The zero-order valence-electron chi connectivity index (χ0n) is 15.8. The van der Waals surface area contributed by atoms with Crippen LogP contribution in [0.25, 0.3) is 0 Å². The van der Waals surface area contributed by atoms with Gasteiger partial charge >= 0.3 is 0 Å². The van der Waals surface area contributed by atoms with Crippen LogP contribution in [-0.4, -0.2) is 43.1 Å². The minimum atomic E-state index is -0.289. The Morgan fingerprint density at radius 3 is 2.41 bits per heavy atom. The molecule has 0 aliphatic carbocycles. The number of hydrogen-bond acceptors (Lipinski definition) is 3. The zero-order valence-corrected chi connectivity index (χ0v) is 15.8. The lowest BCUT2D eigenvalue weighted by atomic mass is 10.1. The van der Waals surface area contributed by atoms with Gasteiger partial charge in [-0.05, 0) is 49.2 Å². The number of likely N-dealkylation sites (tertiary alicyclic amines) is 1. The molecule has 1 amide bonds. The number of amides is 1. The zero-order chi connectivity index (χ0) is 19.1. The lowest BCUT2D eigenvalue weighted by Gasteiger charge is -2.33. The van der Waals surface area contributed by atoms with Crippen molar-refractivity contribution in [3.8, 4) is 5.75 Å². The molecule has 1 heterocycles. The quantitative estimate of drug-likeness (QED) is 0.735. The maximum absolute atomic E-state index is 13.2. The number of carbonyl (C=O) groups excluding carboxylic acids is 1. The van der Waals surface area contributed by atoms with Crippen LogP contribution < -0.4 is 9.64 Å². The van der Waals surface area contributed by atoms with Crippen molar-refractivity contribution < 1.29 is 13.9 Å². The maximum atomic E-state index is 13.2. The van der Waals surface area contributed by atoms with Crippen LogP contribution in [0.1, 0.15) is 26.2 Å². The van der Waals surface area contributed by atoms with Gasteiger partial charge in [-0.3, -0.25) is 4.79 Å². The lowest BCUT2D eigenvalue weighted by Crippen LogP contribution is -2.43. The molecular weight excluding hydrogens is 343 g/mol. The Bertz CT molecular complexity index is 713. The predicted octanol–water partition coefficient (Wildman–Crippen LogP) is 4.11. The molecule has 0 unspecified atom stereocenters. The fourth-order valence-electron chi connectivity index (χ4n) is 3.39. The number of benzene rings is 2. The number of hydrogen-bond donors (Lipinski definition) is 0. The highest BCUT2D eigenvalue weighted by molar-refractivity contribution is 5.93. The molecule has 0 aromatic heterocycles. The Morgan fingerprint density at radius 2 is 1.78 bits per heavy atom. The second kappa shape index (κ2) is 9.51. The molecule has 144 valence electrons. The van der Waals surface area contributed by atoms with E-state index in [2.05, 4.69) is 4.90 Å². The van der Waals surface area contributed by atoms with Crippen molar-refractivity contribution in [2.45, 2.75) is 32.3 Å². The van der Waals surface area contributed by atoms with Crippen molar-refractivity contribution in [2.24, 2.45) is 0 Å². The summed E-state index contributed by atoms with van der Waals surface area (Å²) >= 11 is 0. The highest BCUT2D eigenvalue weighted by Gasteiger charge is 2.22. The molecule has 1 aliphatic rings. The number of halogens is 1. The standard InChI is InChI=1S/C22H27FN2O2/c1-2-22(26)25(19-10-8-18(23)9-11-19)17-16-24-14-12-21(13-15-24)27-20-6-4-3-5-7-20/h3-11,21H,2,12-17H2,1H3. The summed E-state index contributed by atoms with van der Waals surface area (Å²) < 4.78 is 19.2. The van der Waals surface area contributed by atoms with Crippen molar-refractivity contribution in [1.29, 1.82) is 0 Å². The summed E-state index contributed by atoms with van der Waals surface area (Å²) in [6, 6.07) is 16.1. The van der Waals surface area contributed by atoms with E-state index in [9.17, 15) is 9.18 Å². The molecule has 5 heteroatoms. The van der Waals surface area contributed by atoms with E-state index in [1.165, 1.54) is 12.1 Å². The van der Waals surface area contributed by atoms with Gasteiger partial charge in [-0.25, -0.2) is 4.39 Å². The number of ether oxygens (including phenoxy) is 1. The smallest absolute Gasteiger partial charge is 0.226 e. The molecule has 0 saturated carbocycles. The van der Waals surface area contributed by atoms with E-state index in [0.717, 1.165) is 43.9 Å². The number of piperidine rings is 1. The van der Waals surface area contributed by atoms with E-state index in [4.69, 9.17) is 4.74 Å². The minimum Gasteiger partial charge on any atom is -0.490 e. The molecule has 0 radical (unpaired) electrons. The average Bonchev–Trinajstić information content (AvgIpc) is 2.71. The first-order valence-corrected chi connectivity index (χ1v) is 9.65. The van der Waals surface area contributed by atoms with Crippen LogP contribution in [0, 0.1) is 5.82 Å². The third kappa shape index (κ3) is 5.54. The Balaban J connectivity index is 1.50. The van der Waals surface area contributed by atoms with Crippen LogP contribution in [0.3, 0.4) is 0 Å². The fraction of sp³-hybridized carbons (Fsp3) is 0.409. The molecule has 1 aliphatic heterocycles. The maximum Gasteiger partial charge on any atom is 0.226 e. The first-order chi connectivity index (χ1) is 13.2. The van der Waals surface area contributed by atoms with Crippen LogP contribution in [0.15, 0.2) is 54.6 Å². The number of rotatable bonds is 7. The van der Waals surface area contributed by atoms with Crippen molar-refractivity contribution >= 4 is 11.6 Å². The molecule has 0 atom stereocenters. The topological polar surface area (TPSA) is 32.8 Å². The van der Waals surface area contributed by atoms with Crippen LogP contribution >= 0.6 is 0 Å². The van der Waals surface area contributed by atoms with Gasteiger partial charge in [-0.15, -0.1) is 0 Å². The summed E-state index contributed by atoms with van der Waals surface area (Å²) in [6.45, 7) is 5.18. The van der Waals surface area contributed by atoms with E-state index < -0.39 is 0 Å². The van der Waals surface area contributed by atoms with Gasteiger partial charge in [0.1, 0.15) is 17.7 Å². The number of anilines is 1. The molecule has 1 saturated heterocycles. The molecule has 2 aromatic rings. The molecule has 3 rings (SSSR count). The molecular formula is C22H27FN2O2. The van der Waals surface area contributed by atoms with E-state index >= 15 is 0 Å². The predicted molar refractivity (Wildman–Crippen MR) is 106 cm³/mol. The number of carbonyl (C=O) groups is 1. The monoisotopic (exact) mass is 370 g/mol. The van der Waals surface area contributed by atoms with Gasteiger partial charge < -0.3 is 14.5 Å². The molecule has 27 heavy (non-hydrogen) atoms. The molecule has 0 N–H and O–H groups in total. The second-order valence-corrected chi connectivity index (χ2v) is 6.85. The van der Waals surface area contributed by atoms with Gasteiger partial charge in [-0.2, -0.15) is 0 Å². The van der Waals surface area contributed by atoms with Gasteiger partial charge in [0.05, 0.1) is 0 Å². The third-order valence-corrected chi connectivity index (χ3v) is 4.96. The second-order valence-electron chi connectivity index (χ2n) is 6.85. The number of para-hydroxylation sites is 1. The van der Waals surface area contributed by atoms with Crippen molar-refractivity contribution in [3.05, 3.63) is 60.4 Å². The summed E-state index contributed by atoms with van der Waals surface area (Å²) in [5.41, 5.74) is 0.755. The summed E-state index contributed by atoms with van der Waals surface area (Å²) in [5, 5.41) is 0. The van der Waals surface area contributed by atoms with Crippen LogP contribution in [0.5, 0.6) is 5.75 Å². The van der Waals surface area contributed by atoms with Crippen molar-refractivity contribution in [1.82, 2.24) is 4.90 Å². The van der Waals surface area contributed by atoms with E-state index in [1.54, 1.807) is 17.0 Å². The fourth-order valence-corrected chi connectivity index (χ4v) is 3.39. The Kier molecular flexibility index (Phi) is 6.82. The van der Waals surface area contributed by atoms with Crippen LogP contribution in [0.2, 0.25) is 0 Å². The van der Waals surface area contributed by atoms with Crippen LogP contribution in [-0.2, 0) is 4.79 Å². The van der Waals surface area contributed by atoms with Gasteiger partial charge in [-0.1, -0.05) is 25.1 Å². The first kappa shape index (κ1) is 19.4. The highest BCUT2D eigenvalue weighted by atomic mass is 19.1. The number of nitrogens with zero attached hydrogens (tertiary/aromatic N) is 2. The van der Waals surface area contributed by atoms with Crippen LogP contribution in [0.4, 0.5) is 10.1 Å². The minimum absolute atomic E-state index is 0.0592. The first-order valence-electron chi connectivity index (χ1n) is 9.65. The highest BCUT2D eigenvalue weighted by Crippen LogP contribution is 2.20. The summed E-state index contributed by atoms with van der Waals surface area (Å²) in [5.74, 6) is 0.694. The summed E-state index contributed by atoms with van der Waals surface area (Å²) in [6.07, 6.45) is 2.64. The third-order valence-electron chi connectivity index (χ3n) is 4.96. The van der Waals surface area contributed by atoms with E-state index in [-0.39, 0.29) is 17.8 Å². The van der Waals surface area contributed by atoms with Gasteiger partial charge in [0, 0.05) is 38.3 Å². The molecule has 0 bridgehead atoms. The Labute approximate surface area is 160 Å². The SMILES string of the molecule is CCC(=O)N(CCN1CCC(Oc2ccccc2)CC1)c1ccc(F)cc1. The van der Waals surface area contributed by atoms with Gasteiger partial charge in [0.15, 0.2) is 0 Å². The average molecular weight is 370 g/mol. The van der Waals surface area contributed by atoms with Crippen molar-refractivity contribution in [3.63, 3.8) is 0 Å². The van der Waals surface area contributed by atoms with Gasteiger partial charge in [0.25, 0.3) is 0 Å². The van der Waals surface area contributed by atoms with E-state index in [0.29, 0.717) is 13.0 Å². The molecule has 0 spiro atoms. The molecule has 1 fully saturated rings. The normalized spacial score (nSPS) is 15.5. The molecule has 4 nitrogen and oxygen atoms in total. The Hall–Kier alpha value is -2.40. The van der Waals surface area contributed by atoms with Crippen molar-refractivity contribution in [2.75, 3.05) is 31.1 Å². The summed E-state index contributed by atoms with van der Waals surface area (Å²) in [7, 11) is 0. The van der Waals surface area contributed by atoms with E-state index in [1.807, 2.05) is 37.3 Å². The lowest BCUT2D eigenvalue weighted by molar-refractivity contribution is -0.118. The Morgan fingerprint density at radius 1 is 1.11 bits per heavy atom. The largest absolute Gasteiger partial charge is 0.490 e. The molecule has 2 aromatic carbocycles.